The number of alkyl carbamates (subject to hydrolysis) is 1. The maximum atomic E-state index is 12.1. The van der Waals surface area contributed by atoms with E-state index in [2.05, 4.69) is 16.2 Å². The Morgan fingerprint density at radius 3 is 2.29 bits per heavy atom. The van der Waals surface area contributed by atoms with E-state index in [1.807, 2.05) is 0 Å². The molecule has 0 aliphatic carbocycles. The second-order valence-corrected chi connectivity index (χ2v) is 9.82. The standard InChI is InChI=1S/C18H25N3O6S/c1-18(2,3)27-17(24)19-10-12-4-6-13(7-5-12)15(22)20-21-16(23)14-8-9-28(25,26)11-14/h4-7,14H,8-11H2,1-3H3,(H,19,24)(H,20,22)(H,21,23)/t14-/m1/s1. The van der Waals surface area contributed by atoms with Crippen molar-refractivity contribution in [2.45, 2.75) is 39.3 Å². The number of carbonyl (C=O) groups is 3. The Bertz CT molecular complexity index is 843. The van der Waals surface area contributed by atoms with Gasteiger partial charge in [0.2, 0.25) is 5.91 Å². The molecule has 0 unspecified atom stereocenters. The Labute approximate surface area is 164 Å². The second-order valence-electron chi connectivity index (χ2n) is 7.60. The quantitative estimate of drug-likeness (QED) is 0.631. The summed E-state index contributed by atoms with van der Waals surface area (Å²) in [5.41, 5.74) is 5.02. The highest BCUT2D eigenvalue weighted by molar-refractivity contribution is 7.91. The van der Waals surface area contributed by atoms with E-state index in [-0.39, 0.29) is 24.5 Å². The largest absolute Gasteiger partial charge is 0.444 e. The summed E-state index contributed by atoms with van der Waals surface area (Å²) >= 11 is 0. The van der Waals surface area contributed by atoms with Crippen LogP contribution in [0.5, 0.6) is 0 Å². The summed E-state index contributed by atoms with van der Waals surface area (Å²) in [6.45, 7) is 5.54. The summed E-state index contributed by atoms with van der Waals surface area (Å²) < 4.78 is 27.9. The van der Waals surface area contributed by atoms with Gasteiger partial charge in [0, 0.05) is 12.1 Å². The highest BCUT2D eigenvalue weighted by Gasteiger charge is 2.33. The van der Waals surface area contributed by atoms with Gasteiger partial charge < -0.3 is 10.1 Å². The fourth-order valence-electron chi connectivity index (χ4n) is 2.56. The van der Waals surface area contributed by atoms with Crippen molar-refractivity contribution in [2.24, 2.45) is 5.92 Å². The van der Waals surface area contributed by atoms with Crippen LogP contribution in [0.1, 0.15) is 43.1 Å². The Morgan fingerprint density at radius 1 is 1.11 bits per heavy atom. The van der Waals surface area contributed by atoms with Crippen LogP contribution in [0, 0.1) is 5.92 Å². The summed E-state index contributed by atoms with van der Waals surface area (Å²) in [5, 5.41) is 2.61. The molecule has 3 amide bonds. The van der Waals surface area contributed by atoms with E-state index in [0.29, 0.717) is 5.56 Å². The van der Waals surface area contributed by atoms with Gasteiger partial charge >= 0.3 is 6.09 Å². The van der Waals surface area contributed by atoms with Gasteiger partial charge in [0.1, 0.15) is 5.60 Å². The van der Waals surface area contributed by atoms with E-state index in [0.717, 1.165) is 5.56 Å². The Balaban J connectivity index is 1.80. The first kappa shape index (κ1) is 21.7. The molecule has 1 fully saturated rings. The fraction of sp³-hybridized carbons (Fsp3) is 0.500. The normalized spacial score (nSPS) is 18.2. The van der Waals surface area contributed by atoms with Crippen LogP contribution in [0.3, 0.4) is 0 Å². The van der Waals surface area contributed by atoms with Gasteiger partial charge in [0.05, 0.1) is 17.4 Å². The van der Waals surface area contributed by atoms with Gasteiger partial charge in [-0.3, -0.25) is 20.4 Å². The molecular formula is C18H25N3O6S. The lowest BCUT2D eigenvalue weighted by Gasteiger charge is -2.19. The number of amides is 3. The predicted molar refractivity (Wildman–Crippen MR) is 102 cm³/mol. The monoisotopic (exact) mass is 411 g/mol. The van der Waals surface area contributed by atoms with Crippen molar-refractivity contribution in [1.82, 2.24) is 16.2 Å². The number of nitrogens with one attached hydrogen (secondary N) is 3. The number of benzene rings is 1. The molecule has 2 rings (SSSR count). The van der Waals surface area contributed by atoms with Crippen molar-refractivity contribution in [3.63, 3.8) is 0 Å². The summed E-state index contributed by atoms with van der Waals surface area (Å²) in [7, 11) is -3.17. The molecule has 0 saturated carbocycles. The molecule has 3 N–H and O–H groups in total. The minimum Gasteiger partial charge on any atom is -0.444 e. The van der Waals surface area contributed by atoms with Crippen LogP contribution >= 0.6 is 0 Å². The van der Waals surface area contributed by atoms with Crippen molar-refractivity contribution >= 4 is 27.7 Å². The number of ether oxygens (including phenoxy) is 1. The average Bonchev–Trinajstić information content (AvgIpc) is 2.96. The number of hydrazine groups is 1. The molecule has 1 heterocycles. The summed E-state index contributed by atoms with van der Waals surface area (Å²) in [6, 6.07) is 6.43. The molecule has 1 saturated heterocycles. The van der Waals surface area contributed by atoms with Crippen LogP contribution < -0.4 is 16.2 Å². The maximum Gasteiger partial charge on any atom is 0.407 e. The topological polar surface area (TPSA) is 131 Å². The van der Waals surface area contributed by atoms with Gasteiger partial charge in [-0.15, -0.1) is 0 Å². The van der Waals surface area contributed by atoms with Gasteiger partial charge in [0.25, 0.3) is 5.91 Å². The van der Waals surface area contributed by atoms with E-state index in [1.54, 1.807) is 45.0 Å². The van der Waals surface area contributed by atoms with Gasteiger partial charge in [-0.1, -0.05) is 12.1 Å². The summed E-state index contributed by atoms with van der Waals surface area (Å²) in [4.78, 5) is 35.7. The Hall–Kier alpha value is -2.62. The lowest BCUT2D eigenvalue weighted by molar-refractivity contribution is -0.125. The number of sulfone groups is 1. The van der Waals surface area contributed by atoms with Gasteiger partial charge in [-0.05, 0) is 44.9 Å². The molecule has 10 heteroatoms. The lowest BCUT2D eigenvalue weighted by atomic mass is 10.1. The molecule has 0 radical (unpaired) electrons. The SMILES string of the molecule is CC(C)(C)OC(=O)NCc1ccc(C(=O)NNC(=O)[C@@H]2CCS(=O)(=O)C2)cc1. The summed E-state index contributed by atoms with van der Waals surface area (Å²) in [5.74, 6) is -1.91. The van der Waals surface area contributed by atoms with E-state index in [1.165, 1.54) is 0 Å². The van der Waals surface area contributed by atoms with Gasteiger partial charge in [0.15, 0.2) is 9.84 Å². The average molecular weight is 411 g/mol. The molecule has 1 aromatic carbocycles. The maximum absolute atomic E-state index is 12.1. The van der Waals surface area contributed by atoms with Crippen LogP contribution in [0.25, 0.3) is 0 Å². The van der Waals surface area contributed by atoms with Gasteiger partial charge in [-0.2, -0.15) is 0 Å². The minimum absolute atomic E-state index is 0.0160. The van der Waals surface area contributed by atoms with Crippen LogP contribution in [0.4, 0.5) is 4.79 Å². The predicted octanol–water partition coefficient (Wildman–Crippen LogP) is 0.907. The molecule has 28 heavy (non-hydrogen) atoms. The molecule has 1 aliphatic heterocycles. The molecular weight excluding hydrogens is 386 g/mol. The molecule has 1 aliphatic rings. The van der Waals surface area contributed by atoms with E-state index in [4.69, 9.17) is 4.74 Å². The van der Waals surface area contributed by atoms with Crippen LogP contribution in [-0.4, -0.2) is 43.4 Å². The highest BCUT2D eigenvalue weighted by Crippen LogP contribution is 2.18. The first-order valence-electron chi connectivity index (χ1n) is 8.81. The molecule has 0 aromatic heterocycles. The fourth-order valence-corrected chi connectivity index (χ4v) is 4.30. The van der Waals surface area contributed by atoms with E-state index >= 15 is 0 Å². The third-order valence-corrected chi connectivity index (χ3v) is 5.72. The smallest absolute Gasteiger partial charge is 0.407 e. The van der Waals surface area contributed by atoms with Crippen molar-refractivity contribution in [1.29, 1.82) is 0 Å². The molecule has 1 aromatic rings. The Kier molecular flexibility index (Phi) is 6.65. The van der Waals surface area contributed by atoms with E-state index < -0.39 is 39.3 Å². The van der Waals surface area contributed by atoms with Crippen molar-refractivity contribution in [3.05, 3.63) is 35.4 Å². The minimum atomic E-state index is -3.17. The number of rotatable bonds is 4. The van der Waals surface area contributed by atoms with Crippen LogP contribution in [0.15, 0.2) is 24.3 Å². The van der Waals surface area contributed by atoms with Crippen molar-refractivity contribution in [3.8, 4) is 0 Å². The molecule has 9 nitrogen and oxygen atoms in total. The van der Waals surface area contributed by atoms with E-state index in [9.17, 15) is 22.8 Å². The zero-order valence-corrected chi connectivity index (χ0v) is 16.9. The van der Waals surface area contributed by atoms with Crippen molar-refractivity contribution < 1.29 is 27.5 Å². The molecule has 1 atom stereocenters. The zero-order chi connectivity index (χ0) is 20.9. The Morgan fingerprint density at radius 2 is 1.75 bits per heavy atom. The molecule has 0 spiro atoms. The lowest BCUT2D eigenvalue weighted by Crippen LogP contribution is -2.44. The van der Waals surface area contributed by atoms with Crippen LogP contribution in [0.2, 0.25) is 0 Å². The zero-order valence-electron chi connectivity index (χ0n) is 16.1. The second kappa shape index (κ2) is 8.59. The molecule has 154 valence electrons. The van der Waals surface area contributed by atoms with Crippen molar-refractivity contribution in [2.75, 3.05) is 11.5 Å². The third kappa shape index (κ3) is 6.84. The number of hydrogen-bond acceptors (Lipinski definition) is 6. The number of hydrogen-bond donors (Lipinski definition) is 3. The number of carbonyl (C=O) groups excluding carboxylic acids is 3. The molecule has 0 bridgehead atoms. The highest BCUT2D eigenvalue weighted by atomic mass is 32.2. The summed E-state index contributed by atoms with van der Waals surface area (Å²) in [6.07, 6.45) is -0.283. The third-order valence-electron chi connectivity index (χ3n) is 3.95. The first-order chi connectivity index (χ1) is 13.0. The first-order valence-corrected chi connectivity index (χ1v) is 10.6. The van der Waals surface area contributed by atoms with Crippen LogP contribution in [-0.2, 0) is 25.9 Å². The van der Waals surface area contributed by atoms with Gasteiger partial charge in [-0.25, -0.2) is 13.2 Å².